The Morgan fingerprint density at radius 1 is 1.12 bits per heavy atom. The predicted octanol–water partition coefficient (Wildman–Crippen LogP) is 2.85. The first-order valence-electron chi connectivity index (χ1n) is 9.00. The van der Waals surface area contributed by atoms with Gasteiger partial charge in [0.05, 0.1) is 12.6 Å². The number of carbonyl (C=O) groups is 1. The van der Waals surface area contributed by atoms with Gasteiger partial charge in [0, 0.05) is 25.3 Å². The standard InChI is InChI=1S/C21H26N2O2/c1-2-20(24)15-23(19-10-4-3-5-11-19)16-21(25)22-13-12-17-8-6-7-9-18(17)14-22/h3-11,20,24H,2,12-16H2,1H3. The Balaban J connectivity index is 1.70. The van der Waals surface area contributed by atoms with E-state index in [0.717, 1.165) is 18.7 Å². The molecule has 1 amide bonds. The number of benzene rings is 2. The SMILES string of the molecule is CCC(O)CN(CC(=O)N1CCc2ccccc2C1)c1ccccc1. The first kappa shape index (κ1) is 17.5. The second kappa shape index (κ2) is 8.17. The first-order valence-corrected chi connectivity index (χ1v) is 9.00. The molecule has 1 N–H and O–H groups in total. The molecule has 3 rings (SSSR count). The molecule has 1 unspecified atom stereocenters. The fraction of sp³-hybridized carbons (Fsp3) is 0.381. The lowest BCUT2D eigenvalue weighted by Gasteiger charge is -2.32. The summed E-state index contributed by atoms with van der Waals surface area (Å²) in [6.45, 7) is 4.15. The fourth-order valence-electron chi connectivity index (χ4n) is 3.26. The van der Waals surface area contributed by atoms with Gasteiger partial charge in [-0.05, 0) is 36.1 Å². The molecule has 0 spiro atoms. The van der Waals surface area contributed by atoms with E-state index in [2.05, 4.69) is 18.2 Å². The van der Waals surface area contributed by atoms with E-state index in [1.165, 1.54) is 11.1 Å². The van der Waals surface area contributed by atoms with Gasteiger partial charge in [0.15, 0.2) is 0 Å². The van der Waals surface area contributed by atoms with Crippen molar-refractivity contribution in [2.75, 3.05) is 24.5 Å². The maximum atomic E-state index is 12.9. The Morgan fingerprint density at radius 2 is 1.80 bits per heavy atom. The summed E-state index contributed by atoms with van der Waals surface area (Å²) in [6, 6.07) is 18.2. The number of anilines is 1. The van der Waals surface area contributed by atoms with Crippen molar-refractivity contribution in [3.63, 3.8) is 0 Å². The highest BCUT2D eigenvalue weighted by atomic mass is 16.3. The van der Waals surface area contributed by atoms with Gasteiger partial charge in [0.25, 0.3) is 0 Å². The topological polar surface area (TPSA) is 43.8 Å². The molecule has 25 heavy (non-hydrogen) atoms. The highest BCUT2D eigenvalue weighted by Crippen LogP contribution is 2.20. The van der Waals surface area contributed by atoms with Crippen molar-refractivity contribution >= 4 is 11.6 Å². The zero-order valence-corrected chi connectivity index (χ0v) is 14.8. The molecule has 0 radical (unpaired) electrons. The molecule has 2 aromatic rings. The van der Waals surface area contributed by atoms with E-state index in [1.54, 1.807) is 0 Å². The Kier molecular flexibility index (Phi) is 5.71. The zero-order chi connectivity index (χ0) is 17.6. The number of rotatable bonds is 6. The van der Waals surface area contributed by atoms with Crippen LogP contribution in [-0.4, -0.2) is 41.7 Å². The quantitative estimate of drug-likeness (QED) is 0.881. The van der Waals surface area contributed by atoms with E-state index < -0.39 is 6.10 Å². The van der Waals surface area contributed by atoms with Gasteiger partial charge in [-0.1, -0.05) is 49.4 Å². The summed E-state index contributed by atoms with van der Waals surface area (Å²) >= 11 is 0. The number of hydrogen-bond acceptors (Lipinski definition) is 3. The second-order valence-corrected chi connectivity index (χ2v) is 6.61. The van der Waals surface area contributed by atoms with Gasteiger partial charge < -0.3 is 14.9 Å². The molecular formula is C21H26N2O2. The molecule has 1 atom stereocenters. The number of carbonyl (C=O) groups excluding carboxylic acids is 1. The van der Waals surface area contributed by atoms with Gasteiger partial charge in [-0.15, -0.1) is 0 Å². The van der Waals surface area contributed by atoms with Crippen LogP contribution in [0.5, 0.6) is 0 Å². The summed E-state index contributed by atoms with van der Waals surface area (Å²) < 4.78 is 0. The van der Waals surface area contributed by atoms with Crippen LogP contribution in [0.15, 0.2) is 54.6 Å². The van der Waals surface area contributed by atoms with Crippen LogP contribution < -0.4 is 4.90 Å². The number of hydrogen-bond donors (Lipinski definition) is 1. The lowest BCUT2D eigenvalue weighted by atomic mass is 10.00. The van der Waals surface area contributed by atoms with Crippen LogP contribution in [0, 0.1) is 0 Å². The summed E-state index contributed by atoms with van der Waals surface area (Å²) in [5.41, 5.74) is 3.55. The molecule has 0 saturated heterocycles. The molecule has 1 aliphatic rings. The molecule has 0 aromatic heterocycles. The van der Waals surface area contributed by atoms with Crippen molar-refractivity contribution < 1.29 is 9.90 Å². The van der Waals surface area contributed by atoms with Gasteiger partial charge in [0.1, 0.15) is 0 Å². The molecule has 0 bridgehead atoms. The monoisotopic (exact) mass is 338 g/mol. The Morgan fingerprint density at radius 3 is 2.52 bits per heavy atom. The number of para-hydroxylation sites is 1. The van der Waals surface area contributed by atoms with Crippen LogP contribution in [0.4, 0.5) is 5.69 Å². The van der Waals surface area contributed by atoms with Crippen LogP contribution in [-0.2, 0) is 17.8 Å². The molecule has 4 nitrogen and oxygen atoms in total. The molecule has 2 aromatic carbocycles. The molecule has 0 aliphatic carbocycles. The van der Waals surface area contributed by atoms with Crippen molar-refractivity contribution in [1.29, 1.82) is 0 Å². The maximum absolute atomic E-state index is 12.9. The summed E-state index contributed by atoms with van der Waals surface area (Å²) in [5.74, 6) is 0.113. The van der Waals surface area contributed by atoms with E-state index in [9.17, 15) is 9.90 Å². The number of fused-ring (bicyclic) bond motifs is 1. The largest absolute Gasteiger partial charge is 0.391 e. The number of amides is 1. The summed E-state index contributed by atoms with van der Waals surface area (Å²) in [5, 5.41) is 10.1. The Hall–Kier alpha value is -2.33. The van der Waals surface area contributed by atoms with Gasteiger partial charge in [-0.3, -0.25) is 4.79 Å². The van der Waals surface area contributed by atoms with Crippen LogP contribution in [0.3, 0.4) is 0 Å². The van der Waals surface area contributed by atoms with Crippen LogP contribution >= 0.6 is 0 Å². The minimum absolute atomic E-state index is 0.113. The Labute approximate surface area is 149 Å². The van der Waals surface area contributed by atoms with Gasteiger partial charge in [-0.2, -0.15) is 0 Å². The summed E-state index contributed by atoms with van der Waals surface area (Å²) in [4.78, 5) is 16.8. The molecule has 0 fully saturated rings. The van der Waals surface area contributed by atoms with E-state index in [-0.39, 0.29) is 5.91 Å². The molecular weight excluding hydrogens is 312 g/mol. The first-order chi connectivity index (χ1) is 12.2. The van der Waals surface area contributed by atoms with E-state index in [4.69, 9.17) is 0 Å². The average molecular weight is 338 g/mol. The normalized spacial score (nSPS) is 14.7. The van der Waals surface area contributed by atoms with Crippen LogP contribution in [0.1, 0.15) is 24.5 Å². The predicted molar refractivity (Wildman–Crippen MR) is 101 cm³/mol. The smallest absolute Gasteiger partial charge is 0.242 e. The molecule has 1 heterocycles. The molecule has 1 aliphatic heterocycles. The second-order valence-electron chi connectivity index (χ2n) is 6.61. The minimum Gasteiger partial charge on any atom is -0.391 e. The highest BCUT2D eigenvalue weighted by Gasteiger charge is 2.23. The van der Waals surface area contributed by atoms with E-state index >= 15 is 0 Å². The number of aliphatic hydroxyl groups excluding tert-OH is 1. The highest BCUT2D eigenvalue weighted by molar-refractivity contribution is 5.81. The maximum Gasteiger partial charge on any atom is 0.242 e. The van der Waals surface area contributed by atoms with Gasteiger partial charge in [0.2, 0.25) is 5.91 Å². The van der Waals surface area contributed by atoms with E-state index in [0.29, 0.717) is 26.1 Å². The van der Waals surface area contributed by atoms with E-state index in [1.807, 2.05) is 53.1 Å². The van der Waals surface area contributed by atoms with Gasteiger partial charge >= 0.3 is 0 Å². The van der Waals surface area contributed by atoms with Crippen molar-refractivity contribution in [2.24, 2.45) is 0 Å². The number of nitrogens with zero attached hydrogens (tertiary/aromatic N) is 2. The fourth-order valence-corrected chi connectivity index (χ4v) is 3.26. The average Bonchev–Trinajstić information content (AvgIpc) is 2.67. The minimum atomic E-state index is -0.435. The molecule has 4 heteroatoms. The van der Waals surface area contributed by atoms with Gasteiger partial charge in [-0.25, -0.2) is 0 Å². The molecule has 132 valence electrons. The van der Waals surface area contributed by atoms with Crippen LogP contribution in [0.2, 0.25) is 0 Å². The van der Waals surface area contributed by atoms with Crippen LogP contribution in [0.25, 0.3) is 0 Å². The van der Waals surface area contributed by atoms with Crippen molar-refractivity contribution in [1.82, 2.24) is 4.90 Å². The Bertz CT molecular complexity index is 702. The third kappa shape index (κ3) is 4.40. The lowest BCUT2D eigenvalue weighted by molar-refractivity contribution is -0.130. The van der Waals surface area contributed by atoms with Crippen molar-refractivity contribution in [2.45, 2.75) is 32.4 Å². The number of aliphatic hydroxyl groups is 1. The summed E-state index contributed by atoms with van der Waals surface area (Å²) in [7, 11) is 0. The zero-order valence-electron chi connectivity index (χ0n) is 14.8. The lowest BCUT2D eigenvalue weighted by Crippen LogP contribution is -2.44. The third-order valence-electron chi connectivity index (χ3n) is 4.83. The van der Waals surface area contributed by atoms with Crippen molar-refractivity contribution in [3.05, 3.63) is 65.7 Å². The molecule has 0 saturated carbocycles. The summed E-state index contributed by atoms with van der Waals surface area (Å²) in [6.07, 6.45) is 1.15. The third-order valence-corrected chi connectivity index (χ3v) is 4.83. The van der Waals surface area contributed by atoms with Crippen molar-refractivity contribution in [3.8, 4) is 0 Å².